The average molecular weight is 312 g/mol. The lowest BCUT2D eigenvalue weighted by molar-refractivity contribution is -0.139. The van der Waals surface area contributed by atoms with Crippen molar-refractivity contribution in [2.24, 2.45) is 5.92 Å². The fourth-order valence-corrected chi connectivity index (χ4v) is 2.32. The van der Waals surface area contributed by atoms with Gasteiger partial charge >= 0.3 is 5.97 Å². The van der Waals surface area contributed by atoms with Gasteiger partial charge in [0.1, 0.15) is 0 Å². The Morgan fingerprint density at radius 2 is 2.11 bits per heavy atom. The van der Waals surface area contributed by atoms with Crippen LogP contribution in [0.25, 0.3) is 0 Å². The molecule has 96 valence electrons. The second-order valence-electron chi connectivity index (χ2n) is 4.64. The maximum absolute atomic E-state index is 12.1. The van der Waals surface area contributed by atoms with Gasteiger partial charge in [0.05, 0.1) is 6.42 Å². The van der Waals surface area contributed by atoms with E-state index in [1.807, 2.05) is 19.1 Å². The van der Waals surface area contributed by atoms with Gasteiger partial charge in [0.25, 0.3) is 5.91 Å². The Hall–Kier alpha value is -1.36. The lowest BCUT2D eigenvalue weighted by atomic mass is 9.95. The molecule has 1 heterocycles. The van der Waals surface area contributed by atoms with Gasteiger partial charge in [0.15, 0.2) is 0 Å². The van der Waals surface area contributed by atoms with Gasteiger partial charge in [-0.25, -0.2) is 0 Å². The quantitative estimate of drug-likeness (QED) is 0.932. The van der Waals surface area contributed by atoms with Crippen LogP contribution in [0.2, 0.25) is 0 Å². The number of amides is 1. The highest BCUT2D eigenvalue weighted by molar-refractivity contribution is 9.10. The largest absolute Gasteiger partial charge is 0.481 e. The number of carboxylic acid groups (broad SMARTS) is 1. The van der Waals surface area contributed by atoms with Crippen LogP contribution in [0.1, 0.15) is 22.3 Å². The summed E-state index contributed by atoms with van der Waals surface area (Å²) in [6.07, 6.45) is 0.142. The molecule has 0 saturated carbocycles. The third-order valence-electron chi connectivity index (χ3n) is 3.11. The summed E-state index contributed by atoms with van der Waals surface area (Å²) in [5.74, 6) is -0.721. The minimum atomic E-state index is -0.799. The van der Waals surface area contributed by atoms with Crippen LogP contribution in [0, 0.1) is 12.8 Å². The summed E-state index contributed by atoms with van der Waals surface area (Å²) < 4.78 is 0.978. The van der Waals surface area contributed by atoms with Gasteiger partial charge in [-0.2, -0.15) is 0 Å². The zero-order valence-electron chi connectivity index (χ0n) is 10.0. The number of hydrogen-bond acceptors (Lipinski definition) is 2. The molecule has 5 heteroatoms. The molecule has 4 nitrogen and oxygen atoms in total. The van der Waals surface area contributed by atoms with E-state index in [0.29, 0.717) is 18.7 Å². The molecule has 2 rings (SSSR count). The van der Waals surface area contributed by atoms with Crippen LogP contribution in [0.15, 0.2) is 22.7 Å². The number of benzene rings is 1. The number of likely N-dealkylation sites (tertiary alicyclic amines) is 1. The lowest BCUT2D eigenvalue weighted by Crippen LogP contribution is -2.50. The number of carboxylic acids is 1. The molecule has 0 atom stereocenters. The van der Waals surface area contributed by atoms with Gasteiger partial charge in [-0.05, 0) is 30.7 Å². The summed E-state index contributed by atoms with van der Waals surface area (Å²) in [6, 6.07) is 5.48. The molecule has 0 radical (unpaired) electrons. The van der Waals surface area contributed by atoms with Crippen molar-refractivity contribution in [3.8, 4) is 0 Å². The molecule has 1 aliphatic heterocycles. The SMILES string of the molecule is Cc1cc(C(=O)N2CC(CC(=O)O)C2)ccc1Br. The van der Waals surface area contributed by atoms with E-state index in [1.165, 1.54) is 0 Å². The van der Waals surface area contributed by atoms with Gasteiger partial charge in [-0.1, -0.05) is 15.9 Å². The van der Waals surface area contributed by atoms with Crippen molar-refractivity contribution in [2.45, 2.75) is 13.3 Å². The van der Waals surface area contributed by atoms with Crippen LogP contribution in [0.4, 0.5) is 0 Å². The third-order valence-corrected chi connectivity index (χ3v) is 4.00. The van der Waals surface area contributed by atoms with Gasteiger partial charge in [-0.15, -0.1) is 0 Å². The van der Waals surface area contributed by atoms with Crippen LogP contribution in [-0.2, 0) is 4.79 Å². The topological polar surface area (TPSA) is 57.6 Å². The number of carbonyl (C=O) groups excluding carboxylic acids is 1. The maximum Gasteiger partial charge on any atom is 0.303 e. The standard InChI is InChI=1S/C13H14BrNO3/c1-8-4-10(2-3-11(8)14)13(18)15-6-9(7-15)5-12(16)17/h2-4,9H,5-7H2,1H3,(H,16,17). The van der Waals surface area contributed by atoms with Crippen molar-refractivity contribution < 1.29 is 14.7 Å². The number of aryl methyl sites for hydroxylation is 1. The zero-order chi connectivity index (χ0) is 13.3. The Labute approximate surface area is 114 Å². The molecule has 0 aromatic heterocycles. The van der Waals surface area contributed by atoms with E-state index in [0.717, 1.165) is 10.0 Å². The number of halogens is 1. The fraction of sp³-hybridized carbons (Fsp3) is 0.385. The lowest BCUT2D eigenvalue weighted by Gasteiger charge is -2.38. The molecule has 0 spiro atoms. The van der Waals surface area contributed by atoms with E-state index in [1.54, 1.807) is 11.0 Å². The van der Waals surface area contributed by atoms with Gasteiger partial charge in [0.2, 0.25) is 0 Å². The number of carbonyl (C=O) groups is 2. The molecule has 1 N–H and O–H groups in total. The van der Waals surface area contributed by atoms with E-state index in [2.05, 4.69) is 15.9 Å². The van der Waals surface area contributed by atoms with E-state index < -0.39 is 5.97 Å². The van der Waals surface area contributed by atoms with Crippen molar-refractivity contribution in [3.63, 3.8) is 0 Å². The Morgan fingerprint density at radius 1 is 1.44 bits per heavy atom. The molecule has 1 aromatic rings. The van der Waals surface area contributed by atoms with Crippen LogP contribution in [0.5, 0.6) is 0 Å². The summed E-state index contributed by atoms with van der Waals surface area (Å²) in [4.78, 5) is 24.3. The second-order valence-corrected chi connectivity index (χ2v) is 5.49. The fourth-order valence-electron chi connectivity index (χ4n) is 2.07. The molecule has 1 saturated heterocycles. The smallest absolute Gasteiger partial charge is 0.303 e. The highest BCUT2D eigenvalue weighted by Crippen LogP contribution is 2.23. The van der Waals surface area contributed by atoms with E-state index >= 15 is 0 Å². The van der Waals surface area contributed by atoms with E-state index in [4.69, 9.17) is 5.11 Å². The number of aliphatic carboxylic acids is 1. The molecule has 1 aromatic carbocycles. The summed E-state index contributed by atoms with van der Waals surface area (Å²) in [7, 11) is 0. The first-order valence-electron chi connectivity index (χ1n) is 5.74. The number of hydrogen-bond donors (Lipinski definition) is 1. The molecule has 0 aliphatic carbocycles. The predicted molar refractivity (Wildman–Crippen MR) is 70.5 cm³/mol. The monoisotopic (exact) mass is 311 g/mol. The molecule has 0 unspecified atom stereocenters. The Kier molecular flexibility index (Phi) is 3.71. The summed E-state index contributed by atoms with van der Waals surface area (Å²) in [5.41, 5.74) is 1.67. The first-order valence-corrected chi connectivity index (χ1v) is 6.54. The molecule has 1 amide bonds. The van der Waals surface area contributed by atoms with Crippen molar-refractivity contribution in [1.29, 1.82) is 0 Å². The zero-order valence-corrected chi connectivity index (χ0v) is 11.6. The highest BCUT2D eigenvalue weighted by Gasteiger charge is 2.32. The third kappa shape index (κ3) is 2.72. The van der Waals surface area contributed by atoms with Crippen LogP contribution < -0.4 is 0 Å². The molecular weight excluding hydrogens is 298 g/mol. The molecule has 0 bridgehead atoms. The molecule has 18 heavy (non-hydrogen) atoms. The molecule has 1 fully saturated rings. The molecule has 1 aliphatic rings. The average Bonchev–Trinajstić information content (AvgIpc) is 2.25. The highest BCUT2D eigenvalue weighted by atomic mass is 79.9. The molecular formula is C13H14BrNO3. The number of nitrogens with zero attached hydrogens (tertiary/aromatic N) is 1. The van der Waals surface area contributed by atoms with Gasteiger partial charge in [-0.3, -0.25) is 9.59 Å². The van der Waals surface area contributed by atoms with Crippen molar-refractivity contribution in [1.82, 2.24) is 4.90 Å². The Bertz CT molecular complexity index is 495. The summed E-state index contributed by atoms with van der Waals surface area (Å²) in [6.45, 7) is 3.02. The minimum absolute atomic E-state index is 0.0211. The van der Waals surface area contributed by atoms with Crippen molar-refractivity contribution >= 4 is 27.8 Å². The van der Waals surface area contributed by atoms with Crippen LogP contribution >= 0.6 is 15.9 Å². The maximum atomic E-state index is 12.1. The minimum Gasteiger partial charge on any atom is -0.481 e. The van der Waals surface area contributed by atoms with E-state index in [-0.39, 0.29) is 18.2 Å². The Balaban J connectivity index is 1.97. The van der Waals surface area contributed by atoms with Crippen molar-refractivity contribution in [2.75, 3.05) is 13.1 Å². The summed E-state index contributed by atoms with van der Waals surface area (Å²) in [5, 5.41) is 8.65. The van der Waals surface area contributed by atoms with Gasteiger partial charge < -0.3 is 10.0 Å². The summed E-state index contributed by atoms with van der Waals surface area (Å²) >= 11 is 3.39. The first kappa shape index (κ1) is 13.1. The normalized spacial score (nSPS) is 15.3. The second kappa shape index (κ2) is 5.10. The Morgan fingerprint density at radius 3 is 2.67 bits per heavy atom. The predicted octanol–water partition coefficient (Wildman–Crippen LogP) is 2.30. The van der Waals surface area contributed by atoms with Gasteiger partial charge in [0, 0.05) is 29.0 Å². The van der Waals surface area contributed by atoms with E-state index in [9.17, 15) is 9.59 Å². The number of rotatable bonds is 3. The first-order chi connectivity index (χ1) is 8.47. The van der Waals surface area contributed by atoms with Crippen molar-refractivity contribution in [3.05, 3.63) is 33.8 Å². The van der Waals surface area contributed by atoms with Crippen LogP contribution in [0.3, 0.4) is 0 Å². The van der Waals surface area contributed by atoms with Crippen LogP contribution in [-0.4, -0.2) is 35.0 Å².